The SMILES string of the molecule is CCNC(=O)[C@H](C)OC(=O)c1cc2ccccc2cc1O. The number of ether oxygens (including phenoxy) is 1. The lowest BCUT2D eigenvalue weighted by atomic mass is 10.1. The Balaban J connectivity index is 2.23. The molecule has 2 rings (SSSR count). The van der Waals surface area contributed by atoms with E-state index in [9.17, 15) is 14.7 Å². The van der Waals surface area contributed by atoms with Crippen molar-refractivity contribution in [2.45, 2.75) is 20.0 Å². The Labute approximate surface area is 122 Å². The minimum Gasteiger partial charge on any atom is -0.507 e. The molecule has 0 saturated carbocycles. The first kappa shape index (κ1) is 14.8. The van der Waals surface area contributed by atoms with Crippen LogP contribution < -0.4 is 5.32 Å². The van der Waals surface area contributed by atoms with Gasteiger partial charge < -0.3 is 15.2 Å². The molecule has 0 aliphatic heterocycles. The van der Waals surface area contributed by atoms with Crippen LogP contribution >= 0.6 is 0 Å². The molecule has 0 aliphatic rings. The zero-order valence-electron chi connectivity index (χ0n) is 11.9. The molecule has 0 fully saturated rings. The normalized spacial score (nSPS) is 11.9. The molecular formula is C16H17NO4. The van der Waals surface area contributed by atoms with E-state index in [1.807, 2.05) is 24.3 Å². The van der Waals surface area contributed by atoms with E-state index >= 15 is 0 Å². The Morgan fingerprint density at radius 3 is 2.48 bits per heavy atom. The molecule has 1 atom stereocenters. The average molecular weight is 287 g/mol. The highest BCUT2D eigenvalue weighted by Crippen LogP contribution is 2.25. The van der Waals surface area contributed by atoms with Crippen LogP contribution in [0.1, 0.15) is 24.2 Å². The maximum absolute atomic E-state index is 12.1. The highest BCUT2D eigenvalue weighted by atomic mass is 16.5. The van der Waals surface area contributed by atoms with Crippen LogP contribution in [0.5, 0.6) is 5.75 Å². The molecule has 0 saturated heterocycles. The van der Waals surface area contributed by atoms with E-state index in [2.05, 4.69) is 5.32 Å². The number of carbonyl (C=O) groups is 2. The number of likely N-dealkylation sites (N-methyl/N-ethyl adjacent to an activating group) is 1. The van der Waals surface area contributed by atoms with E-state index in [1.54, 1.807) is 13.0 Å². The predicted molar refractivity (Wildman–Crippen MR) is 79.2 cm³/mol. The van der Waals surface area contributed by atoms with Crippen LogP contribution in [0.15, 0.2) is 36.4 Å². The summed E-state index contributed by atoms with van der Waals surface area (Å²) in [6, 6.07) is 10.4. The van der Waals surface area contributed by atoms with Gasteiger partial charge in [-0.15, -0.1) is 0 Å². The molecule has 5 nitrogen and oxygen atoms in total. The van der Waals surface area contributed by atoms with Crippen LogP contribution in [0, 0.1) is 0 Å². The first-order valence-electron chi connectivity index (χ1n) is 6.73. The number of nitrogens with one attached hydrogen (secondary N) is 1. The monoisotopic (exact) mass is 287 g/mol. The number of amides is 1. The summed E-state index contributed by atoms with van der Waals surface area (Å²) in [6.45, 7) is 3.73. The summed E-state index contributed by atoms with van der Waals surface area (Å²) in [6.07, 6.45) is -0.914. The molecule has 0 aliphatic carbocycles. The summed E-state index contributed by atoms with van der Waals surface area (Å²) >= 11 is 0. The van der Waals surface area contributed by atoms with Crippen LogP contribution in [0.3, 0.4) is 0 Å². The van der Waals surface area contributed by atoms with Gasteiger partial charge in [-0.3, -0.25) is 4.79 Å². The van der Waals surface area contributed by atoms with Crippen LogP contribution in [0.2, 0.25) is 0 Å². The van der Waals surface area contributed by atoms with Gasteiger partial charge in [0.1, 0.15) is 11.3 Å². The zero-order valence-corrected chi connectivity index (χ0v) is 11.9. The molecule has 0 unspecified atom stereocenters. The number of carbonyl (C=O) groups excluding carboxylic acids is 2. The molecule has 5 heteroatoms. The maximum atomic E-state index is 12.1. The number of benzene rings is 2. The van der Waals surface area contributed by atoms with Crippen molar-refractivity contribution in [3.05, 3.63) is 42.0 Å². The van der Waals surface area contributed by atoms with Crippen molar-refractivity contribution in [1.82, 2.24) is 5.32 Å². The summed E-state index contributed by atoms with van der Waals surface area (Å²) in [7, 11) is 0. The fraction of sp³-hybridized carbons (Fsp3) is 0.250. The topological polar surface area (TPSA) is 75.6 Å². The zero-order chi connectivity index (χ0) is 15.4. The molecular weight excluding hydrogens is 270 g/mol. The lowest BCUT2D eigenvalue weighted by Crippen LogP contribution is -2.35. The molecule has 2 aromatic rings. The van der Waals surface area contributed by atoms with E-state index in [0.29, 0.717) is 6.54 Å². The summed E-state index contributed by atoms with van der Waals surface area (Å²) in [5.74, 6) is -1.26. The number of hydrogen-bond acceptors (Lipinski definition) is 4. The average Bonchev–Trinajstić information content (AvgIpc) is 2.46. The van der Waals surface area contributed by atoms with E-state index in [0.717, 1.165) is 10.8 Å². The standard InChI is InChI=1S/C16H17NO4/c1-3-17-15(19)10(2)21-16(20)13-8-11-6-4-5-7-12(11)9-14(13)18/h4-10,18H,3H2,1-2H3,(H,17,19)/t10-/m0/s1. The second kappa shape index (κ2) is 6.26. The van der Waals surface area contributed by atoms with Gasteiger partial charge in [-0.05, 0) is 36.8 Å². The quantitative estimate of drug-likeness (QED) is 0.845. The van der Waals surface area contributed by atoms with Crippen molar-refractivity contribution in [3.8, 4) is 5.75 Å². The van der Waals surface area contributed by atoms with Gasteiger partial charge in [0.05, 0.1) is 0 Å². The number of fused-ring (bicyclic) bond motifs is 1. The van der Waals surface area contributed by atoms with Gasteiger partial charge in [0.2, 0.25) is 0 Å². The van der Waals surface area contributed by atoms with Gasteiger partial charge in [-0.2, -0.15) is 0 Å². The predicted octanol–water partition coefficient (Wildman–Crippen LogP) is 2.23. The van der Waals surface area contributed by atoms with Crippen molar-refractivity contribution >= 4 is 22.6 Å². The summed E-state index contributed by atoms with van der Waals surface area (Å²) in [5.41, 5.74) is 0.0462. The first-order valence-corrected chi connectivity index (χ1v) is 6.73. The van der Waals surface area contributed by atoms with Crippen molar-refractivity contribution < 1.29 is 19.4 Å². The Morgan fingerprint density at radius 2 is 1.86 bits per heavy atom. The van der Waals surface area contributed by atoms with Gasteiger partial charge in [0.25, 0.3) is 5.91 Å². The number of esters is 1. The third-order valence-electron chi connectivity index (χ3n) is 3.09. The van der Waals surface area contributed by atoms with E-state index in [-0.39, 0.29) is 17.2 Å². The van der Waals surface area contributed by atoms with Crippen molar-refractivity contribution in [2.75, 3.05) is 6.54 Å². The Morgan fingerprint density at radius 1 is 1.24 bits per heavy atom. The number of phenols is 1. The summed E-state index contributed by atoms with van der Waals surface area (Å²) in [5, 5.41) is 14.1. The van der Waals surface area contributed by atoms with Gasteiger partial charge in [0.15, 0.2) is 6.10 Å². The third kappa shape index (κ3) is 3.31. The lowest BCUT2D eigenvalue weighted by Gasteiger charge is -2.13. The van der Waals surface area contributed by atoms with Gasteiger partial charge in [-0.25, -0.2) is 4.79 Å². The second-order valence-corrected chi connectivity index (χ2v) is 4.66. The number of aromatic hydroxyl groups is 1. The van der Waals surface area contributed by atoms with Crippen molar-refractivity contribution in [1.29, 1.82) is 0 Å². The third-order valence-corrected chi connectivity index (χ3v) is 3.09. The van der Waals surface area contributed by atoms with E-state index < -0.39 is 12.1 Å². The molecule has 0 heterocycles. The highest BCUT2D eigenvalue weighted by molar-refractivity contribution is 5.99. The van der Waals surface area contributed by atoms with Crippen LogP contribution in [0.25, 0.3) is 10.8 Å². The smallest absolute Gasteiger partial charge is 0.342 e. The minimum absolute atomic E-state index is 0.0462. The van der Waals surface area contributed by atoms with Gasteiger partial charge in [-0.1, -0.05) is 24.3 Å². The van der Waals surface area contributed by atoms with Crippen LogP contribution in [-0.4, -0.2) is 29.6 Å². The van der Waals surface area contributed by atoms with Gasteiger partial charge in [0, 0.05) is 6.54 Å². The maximum Gasteiger partial charge on any atom is 0.342 e. The second-order valence-electron chi connectivity index (χ2n) is 4.66. The number of rotatable bonds is 4. The van der Waals surface area contributed by atoms with Crippen LogP contribution in [-0.2, 0) is 9.53 Å². The van der Waals surface area contributed by atoms with Gasteiger partial charge >= 0.3 is 5.97 Å². The Kier molecular flexibility index (Phi) is 4.42. The summed E-state index contributed by atoms with van der Waals surface area (Å²) < 4.78 is 5.07. The molecule has 2 aromatic carbocycles. The fourth-order valence-corrected chi connectivity index (χ4v) is 1.99. The molecule has 2 N–H and O–H groups in total. The Bertz CT molecular complexity index is 681. The van der Waals surface area contributed by atoms with E-state index in [4.69, 9.17) is 4.74 Å². The Hall–Kier alpha value is -2.56. The van der Waals surface area contributed by atoms with Crippen LogP contribution in [0.4, 0.5) is 0 Å². The fourth-order valence-electron chi connectivity index (χ4n) is 1.99. The highest BCUT2D eigenvalue weighted by Gasteiger charge is 2.20. The molecule has 110 valence electrons. The minimum atomic E-state index is -0.914. The van der Waals surface area contributed by atoms with Crippen molar-refractivity contribution in [2.24, 2.45) is 0 Å². The molecule has 0 aromatic heterocycles. The molecule has 0 spiro atoms. The number of hydrogen-bond donors (Lipinski definition) is 2. The summed E-state index contributed by atoms with van der Waals surface area (Å²) in [4.78, 5) is 23.6. The van der Waals surface area contributed by atoms with E-state index in [1.165, 1.54) is 13.0 Å². The molecule has 0 radical (unpaired) electrons. The molecule has 21 heavy (non-hydrogen) atoms. The largest absolute Gasteiger partial charge is 0.507 e. The molecule has 1 amide bonds. The number of phenolic OH excluding ortho intramolecular Hbond substituents is 1. The van der Waals surface area contributed by atoms with Crippen molar-refractivity contribution in [3.63, 3.8) is 0 Å². The lowest BCUT2D eigenvalue weighted by molar-refractivity contribution is -0.128. The molecule has 0 bridgehead atoms. The first-order chi connectivity index (χ1) is 10.0.